The lowest BCUT2D eigenvalue weighted by atomic mass is 10.2. The van der Waals surface area contributed by atoms with Gasteiger partial charge in [0.2, 0.25) is 5.95 Å². The lowest BCUT2D eigenvalue weighted by Gasteiger charge is -2.36. The molecule has 5 nitrogen and oxygen atoms in total. The molecule has 6 heteroatoms. The van der Waals surface area contributed by atoms with E-state index in [1.165, 1.54) is 25.7 Å². The van der Waals surface area contributed by atoms with Gasteiger partial charge in [-0.3, -0.25) is 4.57 Å². The first-order valence-corrected chi connectivity index (χ1v) is 7.63. The smallest absolute Gasteiger partial charge is 0.226 e. The van der Waals surface area contributed by atoms with Gasteiger partial charge in [0.25, 0.3) is 0 Å². The van der Waals surface area contributed by atoms with Gasteiger partial charge in [-0.25, -0.2) is 5.10 Å². The summed E-state index contributed by atoms with van der Waals surface area (Å²) in [5.74, 6) is 0.999. The Labute approximate surface area is 118 Å². The molecule has 3 rings (SSSR count). The fourth-order valence-corrected chi connectivity index (χ4v) is 3.63. The molecule has 1 aromatic heterocycles. The highest BCUT2D eigenvalue weighted by Crippen LogP contribution is 2.33. The van der Waals surface area contributed by atoms with E-state index >= 15 is 0 Å². The predicted molar refractivity (Wildman–Crippen MR) is 77.1 cm³/mol. The Bertz CT molecular complexity index is 481. The van der Waals surface area contributed by atoms with Crippen LogP contribution < -0.4 is 4.90 Å². The van der Waals surface area contributed by atoms with E-state index in [4.69, 9.17) is 17.0 Å². The molecule has 1 N–H and O–H groups in total. The van der Waals surface area contributed by atoms with Crippen molar-refractivity contribution in [2.24, 2.45) is 0 Å². The summed E-state index contributed by atoms with van der Waals surface area (Å²) in [6.07, 6.45) is 5.52. The predicted octanol–water partition coefficient (Wildman–Crippen LogP) is 2.67. The van der Waals surface area contributed by atoms with Crippen molar-refractivity contribution in [3.05, 3.63) is 4.77 Å². The first kappa shape index (κ1) is 13.1. The average molecular weight is 282 g/mol. The Morgan fingerprint density at radius 1 is 1.21 bits per heavy atom. The zero-order valence-corrected chi connectivity index (χ0v) is 12.4. The first-order valence-electron chi connectivity index (χ1n) is 7.22. The van der Waals surface area contributed by atoms with Gasteiger partial charge in [0.1, 0.15) is 0 Å². The third-order valence-electron chi connectivity index (χ3n) is 4.08. The van der Waals surface area contributed by atoms with Crippen LogP contribution in [-0.2, 0) is 4.74 Å². The SMILES string of the molecule is CC1CN(c2n[nH]c(=S)n2C2CCCC2)CC(C)O1. The molecule has 0 amide bonds. The highest BCUT2D eigenvalue weighted by Gasteiger charge is 2.28. The number of nitrogens with zero attached hydrogens (tertiary/aromatic N) is 3. The van der Waals surface area contributed by atoms with Crippen molar-refractivity contribution in [2.75, 3.05) is 18.0 Å². The Hall–Kier alpha value is -0.880. The number of ether oxygens (including phenoxy) is 1. The van der Waals surface area contributed by atoms with E-state index in [0.717, 1.165) is 23.8 Å². The number of rotatable bonds is 2. The molecule has 2 unspecified atom stereocenters. The van der Waals surface area contributed by atoms with Crippen molar-refractivity contribution in [1.29, 1.82) is 0 Å². The summed E-state index contributed by atoms with van der Waals surface area (Å²) < 4.78 is 8.78. The highest BCUT2D eigenvalue weighted by atomic mass is 32.1. The zero-order chi connectivity index (χ0) is 13.4. The highest BCUT2D eigenvalue weighted by molar-refractivity contribution is 7.71. The largest absolute Gasteiger partial charge is 0.372 e. The second-order valence-corrected chi connectivity index (χ2v) is 6.19. The number of nitrogens with one attached hydrogen (secondary N) is 1. The van der Waals surface area contributed by atoms with Crippen LogP contribution in [0.3, 0.4) is 0 Å². The van der Waals surface area contributed by atoms with E-state index in [-0.39, 0.29) is 12.2 Å². The molecule has 0 spiro atoms. The molecule has 2 atom stereocenters. The van der Waals surface area contributed by atoms with Crippen LogP contribution in [0.2, 0.25) is 0 Å². The van der Waals surface area contributed by atoms with Gasteiger partial charge in [-0.2, -0.15) is 0 Å². The molecular weight excluding hydrogens is 260 g/mol. The molecule has 2 aliphatic rings. The minimum atomic E-state index is 0.242. The van der Waals surface area contributed by atoms with Crippen molar-refractivity contribution in [2.45, 2.75) is 57.8 Å². The molecule has 19 heavy (non-hydrogen) atoms. The second-order valence-electron chi connectivity index (χ2n) is 5.80. The van der Waals surface area contributed by atoms with Crippen LogP contribution in [0.15, 0.2) is 0 Å². The van der Waals surface area contributed by atoms with Crippen LogP contribution in [0.25, 0.3) is 0 Å². The normalized spacial score (nSPS) is 29.1. The van der Waals surface area contributed by atoms with E-state index in [1.54, 1.807) is 0 Å². The van der Waals surface area contributed by atoms with Gasteiger partial charge in [-0.15, -0.1) is 5.10 Å². The first-order chi connectivity index (χ1) is 9.15. The average Bonchev–Trinajstić information content (AvgIpc) is 2.96. The number of aromatic nitrogens is 3. The third kappa shape index (κ3) is 2.56. The maximum absolute atomic E-state index is 5.80. The Kier molecular flexibility index (Phi) is 3.62. The van der Waals surface area contributed by atoms with Gasteiger partial charge in [0.05, 0.1) is 12.2 Å². The molecule has 2 fully saturated rings. The van der Waals surface area contributed by atoms with E-state index in [0.29, 0.717) is 6.04 Å². The molecule has 2 heterocycles. The maximum atomic E-state index is 5.80. The Morgan fingerprint density at radius 3 is 2.47 bits per heavy atom. The number of aromatic amines is 1. The van der Waals surface area contributed by atoms with Crippen LogP contribution in [0.4, 0.5) is 5.95 Å². The minimum Gasteiger partial charge on any atom is -0.372 e. The Balaban J connectivity index is 1.90. The number of hydrogen-bond acceptors (Lipinski definition) is 4. The fourth-order valence-electron chi connectivity index (χ4n) is 3.35. The molecule has 106 valence electrons. The number of anilines is 1. The standard InChI is InChI=1S/C13H22N4OS/c1-9-7-16(8-10(2)18-9)12-14-15-13(19)17(12)11-5-3-4-6-11/h9-11H,3-8H2,1-2H3,(H,15,19). The lowest BCUT2D eigenvalue weighted by molar-refractivity contribution is -0.00599. The molecule has 1 aliphatic carbocycles. The van der Waals surface area contributed by atoms with Gasteiger partial charge in [0.15, 0.2) is 4.77 Å². The molecule has 1 aromatic rings. The summed E-state index contributed by atoms with van der Waals surface area (Å²) in [6, 6.07) is 0.523. The van der Waals surface area contributed by atoms with Crippen molar-refractivity contribution >= 4 is 18.2 Å². The van der Waals surface area contributed by atoms with E-state index < -0.39 is 0 Å². The van der Waals surface area contributed by atoms with Gasteiger partial charge in [-0.1, -0.05) is 12.8 Å². The van der Waals surface area contributed by atoms with Crippen LogP contribution in [0, 0.1) is 4.77 Å². The number of morpholine rings is 1. The van der Waals surface area contributed by atoms with Crippen LogP contribution in [-0.4, -0.2) is 40.1 Å². The van der Waals surface area contributed by atoms with Crippen LogP contribution in [0.1, 0.15) is 45.6 Å². The Morgan fingerprint density at radius 2 is 1.84 bits per heavy atom. The summed E-state index contributed by atoms with van der Waals surface area (Å²) in [5.41, 5.74) is 0. The lowest BCUT2D eigenvalue weighted by Crippen LogP contribution is -2.46. The van der Waals surface area contributed by atoms with Crippen LogP contribution in [0.5, 0.6) is 0 Å². The van der Waals surface area contributed by atoms with Gasteiger partial charge < -0.3 is 9.64 Å². The van der Waals surface area contributed by atoms with E-state index in [9.17, 15) is 0 Å². The zero-order valence-electron chi connectivity index (χ0n) is 11.6. The third-order valence-corrected chi connectivity index (χ3v) is 4.37. The maximum Gasteiger partial charge on any atom is 0.226 e. The minimum absolute atomic E-state index is 0.242. The molecule has 0 radical (unpaired) electrons. The van der Waals surface area contributed by atoms with Gasteiger partial charge in [0, 0.05) is 19.1 Å². The molecular formula is C13H22N4OS. The summed E-state index contributed by atoms with van der Waals surface area (Å²) in [7, 11) is 0. The topological polar surface area (TPSA) is 46.1 Å². The van der Waals surface area contributed by atoms with Crippen molar-refractivity contribution in [3.8, 4) is 0 Å². The molecule has 1 saturated carbocycles. The quantitative estimate of drug-likeness (QED) is 0.847. The van der Waals surface area contributed by atoms with Gasteiger partial charge in [-0.05, 0) is 38.9 Å². The van der Waals surface area contributed by atoms with Crippen LogP contribution >= 0.6 is 12.2 Å². The van der Waals surface area contributed by atoms with Gasteiger partial charge >= 0.3 is 0 Å². The van der Waals surface area contributed by atoms with E-state index in [1.807, 2.05) is 0 Å². The molecule has 0 bridgehead atoms. The summed E-state index contributed by atoms with van der Waals surface area (Å²) >= 11 is 5.42. The number of hydrogen-bond donors (Lipinski definition) is 1. The second kappa shape index (κ2) is 5.25. The summed E-state index contributed by atoms with van der Waals surface area (Å²) in [5, 5.41) is 7.44. The molecule has 0 aromatic carbocycles. The summed E-state index contributed by atoms with van der Waals surface area (Å²) in [6.45, 7) is 6.00. The monoisotopic (exact) mass is 282 g/mol. The van der Waals surface area contributed by atoms with E-state index in [2.05, 4.69) is 33.5 Å². The summed E-state index contributed by atoms with van der Waals surface area (Å²) in [4.78, 5) is 2.31. The molecule has 1 aliphatic heterocycles. The van der Waals surface area contributed by atoms with Crippen molar-refractivity contribution < 1.29 is 4.74 Å². The fraction of sp³-hybridized carbons (Fsp3) is 0.846. The number of H-pyrrole nitrogens is 1. The van der Waals surface area contributed by atoms with Crippen molar-refractivity contribution in [3.63, 3.8) is 0 Å². The van der Waals surface area contributed by atoms with Crippen molar-refractivity contribution in [1.82, 2.24) is 14.8 Å². The molecule has 1 saturated heterocycles.